The second-order valence-electron chi connectivity index (χ2n) is 7.80. The number of aromatic amines is 1. The molecule has 0 aliphatic carbocycles. The number of non-ortho nitro benzene ring substituents is 1. The second-order valence-corrected chi connectivity index (χ2v) is 7.80. The molecule has 9 heteroatoms. The molecule has 31 heavy (non-hydrogen) atoms. The van der Waals surface area contributed by atoms with Crippen molar-refractivity contribution in [3.63, 3.8) is 0 Å². The highest BCUT2D eigenvalue weighted by atomic mass is 16.6. The number of likely N-dealkylation sites (tertiary alicyclic amines) is 1. The van der Waals surface area contributed by atoms with Gasteiger partial charge in [0.15, 0.2) is 0 Å². The van der Waals surface area contributed by atoms with E-state index in [4.69, 9.17) is 5.73 Å². The first-order valence-electron chi connectivity index (χ1n) is 10.1. The molecule has 0 radical (unpaired) electrons. The minimum atomic E-state index is -0.482. The van der Waals surface area contributed by atoms with Gasteiger partial charge in [-0.2, -0.15) is 0 Å². The van der Waals surface area contributed by atoms with E-state index in [0.717, 1.165) is 31.5 Å². The first-order valence-corrected chi connectivity index (χ1v) is 10.1. The Labute approximate surface area is 178 Å². The Bertz CT molecular complexity index is 1150. The monoisotopic (exact) mass is 421 g/mol. The normalized spacial score (nSPS) is 15.1. The van der Waals surface area contributed by atoms with Crippen molar-refractivity contribution in [2.24, 2.45) is 11.7 Å². The van der Waals surface area contributed by atoms with Gasteiger partial charge in [0.1, 0.15) is 0 Å². The molecular formula is C22H23N5O4. The SMILES string of the molecule is NC(=O)C1CCN(Cc2cccc(NC(=O)c3c[nH]c4ccc([N+](=O)[O-])cc34)c2)CC1. The maximum absolute atomic E-state index is 12.8. The Morgan fingerprint density at radius 2 is 1.97 bits per heavy atom. The summed E-state index contributed by atoms with van der Waals surface area (Å²) in [6.07, 6.45) is 3.08. The van der Waals surface area contributed by atoms with Gasteiger partial charge in [-0.15, -0.1) is 0 Å². The molecule has 1 saturated heterocycles. The van der Waals surface area contributed by atoms with Crippen LogP contribution in [0.25, 0.3) is 10.9 Å². The maximum Gasteiger partial charge on any atom is 0.270 e. The van der Waals surface area contributed by atoms with Gasteiger partial charge in [0, 0.05) is 47.4 Å². The number of fused-ring (bicyclic) bond motifs is 1. The summed E-state index contributed by atoms with van der Waals surface area (Å²) >= 11 is 0. The lowest BCUT2D eigenvalue weighted by molar-refractivity contribution is -0.384. The van der Waals surface area contributed by atoms with Crippen LogP contribution in [0.5, 0.6) is 0 Å². The van der Waals surface area contributed by atoms with E-state index >= 15 is 0 Å². The van der Waals surface area contributed by atoms with Crippen LogP contribution in [0.1, 0.15) is 28.8 Å². The predicted molar refractivity (Wildman–Crippen MR) is 117 cm³/mol. The largest absolute Gasteiger partial charge is 0.369 e. The smallest absolute Gasteiger partial charge is 0.270 e. The van der Waals surface area contributed by atoms with Crippen LogP contribution in [0, 0.1) is 16.0 Å². The lowest BCUT2D eigenvalue weighted by Crippen LogP contribution is -2.38. The molecule has 1 aromatic heterocycles. The fraction of sp³-hybridized carbons (Fsp3) is 0.273. The minimum absolute atomic E-state index is 0.0473. The summed E-state index contributed by atoms with van der Waals surface area (Å²) in [6.45, 7) is 2.32. The Morgan fingerprint density at radius 3 is 2.68 bits per heavy atom. The zero-order valence-electron chi connectivity index (χ0n) is 16.8. The van der Waals surface area contributed by atoms with Crippen molar-refractivity contribution in [1.82, 2.24) is 9.88 Å². The average Bonchev–Trinajstić information content (AvgIpc) is 3.18. The number of piperidine rings is 1. The highest BCUT2D eigenvalue weighted by molar-refractivity contribution is 6.13. The van der Waals surface area contributed by atoms with Crippen molar-refractivity contribution in [3.05, 3.63) is 69.9 Å². The number of nitro groups is 1. The zero-order valence-corrected chi connectivity index (χ0v) is 16.8. The number of anilines is 1. The van der Waals surface area contributed by atoms with Gasteiger partial charge >= 0.3 is 0 Å². The van der Waals surface area contributed by atoms with E-state index in [1.807, 2.05) is 18.2 Å². The Hall–Kier alpha value is -3.72. The molecule has 160 valence electrons. The summed E-state index contributed by atoms with van der Waals surface area (Å²) in [4.78, 5) is 40.0. The van der Waals surface area contributed by atoms with Crippen molar-refractivity contribution in [1.29, 1.82) is 0 Å². The molecule has 1 fully saturated rings. The molecule has 0 atom stereocenters. The van der Waals surface area contributed by atoms with Crippen LogP contribution < -0.4 is 11.1 Å². The number of primary amides is 1. The van der Waals surface area contributed by atoms with Crippen LogP contribution in [0.15, 0.2) is 48.7 Å². The molecule has 4 rings (SSSR count). The van der Waals surface area contributed by atoms with Crippen molar-refractivity contribution in [3.8, 4) is 0 Å². The number of amides is 2. The summed E-state index contributed by atoms with van der Waals surface area (Å²) in [5.74, 6) is -0.619. The third kappa shape index (κ3) is 4.56. The van der Waals surface area contributed by atoms with Crippen molar-refractivity contribution >= 4 is 34.1 Å². The molecule has 2 amide bonds. The molecule has 1 aliphatic heterocycles. The van der Waals surface area contributed by atoms with E-state index in [9.17, 15) is 19.7 Å². The van der Waals surface area contributed by atoms with Gasteiger partial charge < -0.3 is 16.0 Å². The Balaban J connectivity index is 1.45. The summed E-state index contributed by atoms with van der Waals surface area (Å²) in [7, 11) is 0. The summed E-state index contributed by atoms with van der Waals surface area (Å²) in [5.41, 5.74) is 8.02. The number of hydrogen-bond donors (Lipinski definition) is 3. The third-order valence-corrected chi connectivity index (χ3v) is 5.70. The van der Waals surface area contributed by atoms with Crippen LogP contribution in [0.3, 0.4) is 0 Å². The number of carbonyl (C=O) groups is 2. The number of hydrogen-bond acceptors (Lipinski definition) is 5. The number of nitrogens with zero attached hydrogens (tertiary/aromatic N) is 2. The molecular weight excluding hydrogens is 398 g/mol. The minimum Gasteiger partial charge on any atom is -0.369 e. The Morgan fingerprint density at radius 1 is 1.19 bits per heavy atom. The molecule has 3 aromatic rings. The number of aromatic nitrogens is 1. The number of rotatable bonds is 6. The quantitative estimate of drug-likeness (QED) is 0.415. The van der Waals surface area contributed by atoms with E-state index in [1.54, 1.807) is 18.3 Å². The van der Waals surface area contributed by atoms with Gasteiger partial charge in [0.25, 0.3) is 11.6 Å². The van der Waals surface area contributed by atoms with Gasteiger partial charge in [-0.3, -0.25) is 24.6 Å². The van der Waals surface area contributed by atoms with E-state index in [2.05, 4.69) is 15.2 Å². The first kappa shape index (κ1) is 20.5. The summed E-state index contributed by atoms with van der Waals surface area (Å²) in [5, 5.41) is 14.4. The van der Waals surface area contributed by atoms with Gasteiger partial charge in [0.05, 0.1) is 10.5 Å². The standard InChI is InChI=1S/C22H23N5O4/c23-21(28)15-6-8-26(9-7-15)13-14-2-1-3-16(10-14)25-22(29)19-12-24-20-5-4-17(27(30)31)11-18(19)20/h1-5,10-12,15,24H,6-9,13H2,(H2,23,28)(H,25,29). The number of nitrogens with two attached hydrogens (primary N) is 1. The Kier molecular flexibility index (Phi) is 5.68. The van der Waals surface area contributed by atoms with E-state index < -0.39 is 4.92 Å². The molecule has 9 nitrogen and oxygen atoms in total. The van der Waals surface area contributed by atoms with Crippen LogP contribution in [-0.2, 0) is 11.3 Å². The summed E-state index contributed by atoms with van der Waals surface area (Å²) in [6, 6.07) is 12.0. The molecule has 2 aromatic carbocycles. The van der Waals surface area contributed by atoms with E-state index in [0.29, 0.717) is 28.7 Å². The van der Waals surface area contributed by atoms with Crippen molar-refractivity contribution < 1.29 is 14.5 Å². The van der Waals surface area contributed by atoms with Gasteiger partial charge in [0.2, 0.25) is 5.91 Å². The molecule has 4 N–H and O–H groups in total. The zero-order chi connectivity index (χ0) is 22.0. The predicted octanol–water partition coefficient (Wildman–Crippen LogP) is 3.03. The molecule has 2 heterocycles. The molecule has 1 aliphatic rings. The number of nitrogens with one attached hydrogen (secondary N) is 2. The lowest BCUT2D eigenvalue weighted by Gasteiger charge is -2.30. The fourth-order valence-corrected chi connectivity index (χ4v) is 3.99. The fourth-order valence-electron chi connectivity index (χ4n) is 3.99. The number of H-pyrrole nitrogens is 1. The van der Waals surface area contributed by atoms with Crippen molar-refractivity contribution in [2.45, 2.75) is 19.4 Å². The van der Waals surface area contributed by atoms with E-state index in [-0.39, 0.29) is 23.4 Å². The topological polar surface area (TPSA) is 134 Å². The second kappa shape index (κ2) is 8.57. The molecule has 0 spiro atoms. The van der Waals surface area contributed by atoms with Gasteiger partial charge in [-0.1, -0.05) is 12.1 Å². The lowest BCUT2D eigenvalue weighted by atomic mass is 9.96. The number of nitro benzene ring substituents is 1. The summed E-state index contributed by atoms with van der Waals surface area (Å²) < 4.78 is 0. The van der Waals surface area contributed by atoms with Crippen LogP contribution >= 0.6 is 0 Å². The third-order valence-electron chi connectivity index (χ3n) is 5.70. The van der Waals surface area contributed by atoms with Gasteiger partial charge in [-0.05, 0) is 49.7 Å². The van der Waals surface area contributed by atoms with Crippen molar-refractivity contribution in [2.75, 3.05) is 18.4 Å². The highest BCUT2D eigenvalue weighted by Gasteiger charge is 2.23. The van der Waals surface area contributed by atoms with Gasteiger partial charge in [-0.25, -0.2) is 0 Å². The van der Waals surface area contributed by atoms with Crippen LogP contribution in [-0.4, -0.2) is 39.7 Å². The maximum atomic E-state index is 12.8. The average molecular weight is 421 g/mol. The molecule has 0 saturated carbocycles. The van der Waals surface area contributed by atoms with E-state index in [1.165, 1.54) is 12.1 Å². The number of carbonyl (C=O) groups excluding carboxylic acids is 2. The molecule has 0 bridgehead atoms. The molecule has 0 unspecified atom stereocenters. The van der Waals surface area contributed by atoms with Crippen LogP contribution in [0.2, 0.25) is 0 Å². The first-order chi connectivity index (χ1) is 14.9. The number of benzene rings is 2. The highest BCUT2D eigenvalue weighted by Crippen LogP contribution is 2.25. The van der Waals surface area contributed by atoms with Crippen LogP contribution in [0.4, 0.5) is 11.4 Å².